The Morgan fingerprint density at radius 3 is 1.97 bits per heavy atom. The minimum atomic E-state index is -1.46. The van der Waals surface area contributed by atoms with Crippen LogP contribution < -0.4 is 0 Å². The normalized spacial score (nSPS) is 14.1. The molecule has 156 valence electrons. The zero-order valence-electron chi connectivity index (χ0n) is 17.2. The number of carbonyl (C=O) groups excluding carboxylic acids is 2. The summed E-state index contributed by atoms with van der Waals surface area (Å²) in [6.45, 7) is 5.90. The predicted molar refractivity (Wildman–Crippen MR) is 110 cm³/mol. The van der Waals surface area contributed by atoms with E-state index in [2.05, 4.69) is 0 Å². The zero-order valence-corrected chi connectivity index (χ0v) is 17.2. The maximum Gasteiger partial charge on any atom is 0.336 e. The molecule has 0 saturated heterocycles. The maximum atomic E-state index is 12.6. The second-order valence-electron chi connectivity index (χ2n) is 6.64. The molecule has 0 aliphatic carbocycles. The van der Waals surface area contributed by atoms with Gasteiger partial charge in [0.2, 0.25) is 0 Å². The quantitative estimate of drug-likeness (QED) is 0.619. The molecule has 0 radical (unpaired) electrons. The van der Waals surface area contributed by atoms with Gasteiger partial charge in [0.05, 0.1) is 19.3 Å². The number of rotatable bonds is 10. The highest BCUT2D eigenvalue weighted by Crippen LogP contribution is 2.30. The van der Waals surface area contributed by atoms with Crippen LogP contribution in [0.5, 0.6) is 0 Å². The Morgan fingerprint density at radius 1 is 0.897 bits per heavy atom. The molecule has 29 heavy (non-hydrogen) atoms. The van der Waals surface area contributed by atoms with E-state index in [9.17, 15) is 14.7 Å². The van der Waals surface area contributed by atoms with Gasteiger partial charge in [-0.25, -0.2) is 4.79 Å². The molecule has 0 spiro atoms. The average Bonchev–Trinajstić information content (AvgIpc) is 2.74. The first-order chi connectivity index (χ1) is 14.0. The largest absolute Gasteiger partial charge is 0.465 e. The predicted octanol–water partition coefficient (Wildman–Crippen LogP) is 3.11. The van der Waals surface area contributed by atoms with Crippen molar-refractivity contribution in [3.8, 4) is 0 Å². The molecule has 0 aliphatic rings. The molecule has 0 aliphatic heterocycles. The number of esters is 2. The number of carbonyl (C=O) groups is 2. The van der Waals surface area contributed by atoms with Crippen molar-refractivity contribution >= 4 is 11.9 Å². The van der Waals surface area contributed by atoms with Crippen LogP contribution >= 0.6 is 0 Å². The van der Waals surface area contributed by atoms with E-state index in [1.54, 1.807) is 25.7 Å². The first kappa shape index (κ1) is 22.6. The third kappa shape index (κ3) is 6.14. The third-order valence-electron chi connectivity index (χ3n) is 4.66. The van der Waals surface area contributed by atoms with E-state index in [0.717, 1.165) is 5.56 Å². The molecule has 0 amide bonds. The Bertz CT molecular complexity index is 765. The van der Waals surface area contributed by atoms with Gasteiger partial charge in [0, 0.05) is 6.54 Å². The van der Waals surface area contributed by atoms with Gasteiger partial charge in [0.25, 0.3) is 0 Å². The summed E-state index contributed by atoms with van der Waals surface area (Å²) >= 11 is 0. The van der Waals surface area contributed by atoms with Crippen molar-refractivity contribution in [2.75, 3.05) is 13.2 Å². The lowest BCUT2D eigenvalue weighted by molar-refractivity contribution is -0.162. The van der Waals surface area contributed by atoms with Gasteiger partial charge in [-0.3, -0.25) is 9.69 Å². The van der Waals surface area contributed by atoms with Crippen molar-refractivity contribution in [1.29, 1.82) is 0 Å². The summed E-state index contributed by atoms with van der Waals surface area (Å²) < 4.78 is 10.3. The van der Waals surface area contributed by atoms with E-state index in [-0.39, 0.29) is 13.2 Å². The van der Waals surface area contributed by atoms with Crippen molar-refractivity contribution in [2.45, 2.75) is 45.5 Å². The molecule has 0 heterocycles. The van der Waals surface area contributed by atoms with Gasteiger partial charge < -0.3 is 14.6 Å². The van der Waals surface area contributed by atoms with Crippen LogP contribution in [0.15, 0.2) is 60.7 Å². The number of nitrogens with zero attached hydrogens (tertiary/aromatic N) is 1. The lowest BCUT2D eigenvalue weighted by atomic mass is 9.97. The summed E-state index contributed by atoms with van der Waals surface area (Å²) in [4.78, 5) is 26.8. The lowest BCUT2D eigenvalue weighted by Crippen LogP contribution is -2.48. The maximum absolute atomic E-state index is 12.6. The van der Waals surface area contributed by atoms with Crippen LogP contribution in [-0.2, 0) is 25.6 Å². The Morgan fingerprint density at radius 2 is 1.41 bits per heavy atom. The Hall–Kier alpha value is -2.70. The molecule has 1 N–H and O–H groups in total. The minimum Gasteiger partial charge on any atom is -0.465 e. The topological polar surface area (TPSA) is 76.1 Å². The van der Waals surface area contributed by atoms with Crippen molar-refractivity contribution < 1.29 is 24.2 Å². The molecule has 0 aromatic heterocycles. The molecule has 2 aromatic carbocycles. The van der Waals surface area contributed by atoms with Gasteiger partial charge in [0.15, 0.2) is 6.10 Å². The molecule has 0 bridgehead atoms. The third-order valence-corrected chi connectivity index (χ3v) is 4.66. The van der Waals surface area contributed by atoms with Crippen LogP contribution in [0.25, 0.3) is 0 Å². The van der Waals surface area contributed by atoms with E-state index in [0.29, 0.717) is 12.1 Å². The van der Waals surface area contributed by atoms with Crippen molar-refractivity contribution in [3.63, 3.8) is 0 Å². The monoisotopic (exact) mass is 399 g/mol. The summed E-state index contributed by atoms with van der Waals surface area (Å²) in [6.07, 6.45) is -1.46. The van der Waals surface area contributed by atoms with E-state index in [4.69, 9.17) is 9.47 Å². The highest BCUT2D eigenvalue weighted by molar-refractivity contribution is 5.77. The molecule has 6 nitrogen and oxygen atoms in total. The first-order valence-corrected chi connectivity index (χ1v) is 9.85. The molecular weight excluding hydrogens is 370 g/mol. The fourth-order valence-electron chi connectivity index (χ4n) is 3.23. The number of hydrogen-bond acceptors (Lipinski definition) is 6. The minimum absolute atomic E-state index is 0.156. The molecule has 0 unspecified atom stereocenters. The highest BCUT2D eigenvalue weighted by Gasteiger charge is 2.38. The number of aliphatic hydroxyl groups excluding tert-OH is 1. The number of aliphatic hydroxyl groups is 1. The van der Waals surface area contributed by atoms with Crippen LogP contribution in [0.1, 0.15) is 37.9 Å². The lowest BCUT2D eigenvalue weighted by Gasteiger charge is -2.37. The van der Waals surface area contributed by atoms with E-state index < -0.39 is 30.1 Å². The smallest absolute Gasteiger partial charge is 0.336 e. The van der Waals surface area contributed by atoms with Crippen molar-refractivity contribution in [3.05, 3.63) is 71.8 Å². The van der Waals surface area contributed by atoms with Crippen LogP contribution in [0, 0.1) is 0 Å². The van der Waals surface area contributed by atoms with E-state index in [1.807, 2.05) is 60.7 Å². The Labute approximate surface area is 172 Å². The van der Waals surface area contributed by atoms with Gasteiger partial charge >= 0.3 is 11.9 Å². The van der Waals surface area contributed by atoms with Gasteiger partial charge in [-0.1, -0.05) is 60.7 Å². The molecule has 6 heteroatoms. The summed E-state index contributed by atoms with van der Waals surface area (Å²) in [7, 11) is 0. The molecule has 0 saturated carbocycles. The summed E-state index contributed by atoms with van der Waals surface area (Å²) in [6, 6.07) is 17.3. The SMILES string of the molecule is CCOC(=O)[C@@H](C)N(Cc1ccccc1)[C@H](c1ccccc1)[C@@H](O)C(=O)OCC. The van der Waals surface area contributed by atoms with Crippen molar-refractivity contribution in [1.82, 2.24) is 4.90 Å². The molecule has 0 fully saturated rings. The number of hydrogen-bond donors (Lipinski definition) is 1. The first-order valence-electron chi connectivity index (χ1n) is 9.85. The standard InChI is InChI=1S/C23H29NO5/c1-4-28-22(26)17(3)24(16-18-12-8-6-9-13-18)20(19-14-10-7-11-15-19)21(25)23(27)29-5-2/h6-15,17,20-21,25H,4-5,16H2,1-3H3/t17-,20-,21-/m1/s1. The van der Waals surface area contributed by atoms with Crippen LogP contribution in [0.3, 0.4) is 0 Å². The number of benzene rings is 2. The highest BCUT2D eigenvalue weighted by atomic mass is 16.5. The average molecular weight is 399 g/mol. The zero-order chi connectivity index (χ0) is 21.2. The molecule has 2 rings (SSSR count). The van der Waals surface area contributed by atoms with Gasteiger partial charge in [-0.15, -0.1) is 0 Å². The summed E-state index contributed by atoms with van der Waals surface area (Å²) in [5.74, 6) is -1.14. The summed E-state index contributed by atoms with van der Waals surface area (Å²) in [5, 5.41) is 10.9. The molecule has 2 aromatic rings. The molecule has 3 atom stereocenters. The van der Waals surface area contributed by atoms with Crippen molar-refractivity contribution in [2.24, 2.45) is 0 Å². The van der Waals surface area contributed by atoms with Gasteiger partial charge in [-0.2, -0.15) is 0 Å². The van der Waals surface area contributed by atoms with Crippen LogP contribution in [0.4, 0.5) is 0 Å². The van der Waals surface area contributed by atoms with Crippen LogP contribution in [0.2, 0.25) is 0 Å². The summed E-state index contributed by atoms with van der Waals surface area (Å²) in [5.41, 5.74) is 1.65. The van der Waals surface area contributed by atoms with Gasteiger partial charge in [-0.05, 0) is 31.9 Å². The Balaban J connectivity index is 2.49. The molecular formula is C23H29NO5. The number of ether oxygens (including phenoxy) is 2. The second-order valence-corrected chi connectivity index (χ2v) is 6.64. The van der Waals surface area contributed by atoms with Crippen LogP contribution in [-0.4, -0.2) is 47.3 Å². The van der Waals surface area contributed by atoms with E-state index in [1.165, 1.54) is 0 Å². The Kier molecular flexibility index (Phi) is 8.83. The second kappa shape index (κ2) is 11.3. The van der Waals surface area contributed by atoms with E-state index >= 15 is 0 Å². The fourth-order valence-corrected chi connectivity index (χ4v) is 3.23. The fraction of sp³-hybridized carbons (Fsp3) is 0.391. The van der Waals surface area contributed by atoms with Gasteiger partial charge in [0.1, 0.15) is 6.04 Å².